The molecule has 118 valence electrons. The van der Waals surface area contributed by atoms with Crippen LogP contribution in [0.1, 0.15) is 16.7 Å². The lowest BCUT2D eigenvalue weighted by Crippen LogP contribution is -2.24. The molecule has 0 aliphatic heterocycles. The molecule has 23 heavy (non-hydrogen) atoms. The number of benzene rings is 2. The minimum absolute atomic E-state index is 0.0171. The number of nitriles is 1. The molecule has 0 bridgehead atoms. The van der Waals surface area contributed by atoms with Crippen molar-refractivity contribution in [2.24, 2.45) is 0 Å². The van der Waals surface area contributed by atoms with Crippen LogP contribution in [0.3, 0.4) is 0 Å². The molecule has 0 aliphatic rings. The minimum Gasteiger partial charge on any atom is -0.380 e. The van der Waals surface area contributed by atoms with Crippen LogP contribution in [0.15, 0.2) is 53.4 Å². The van der Waals surface area contributed by atoms with Crippen LogP contribution in [0.5, 0.6) is 0 Å². The zero-order valence-electron chi connectivity index (χ0n) is 12.9. The van der Waals surface area contributed by atoms with E-state index in [9.17, 15) is 4.79 Å². The van der Waals surface area contributed by atoms with Crippen molar-refractivity contribution in [3.05, 3.63) is 65.2 Å². The largest absolute Gasteiger partial charge is 0.380 e. The number of methoxy groups -OCH3 is 1. The lowest BCUT2D eigenvalue weighted by Gasteiger charge is -2.07. The minimum atomic E-state index is -0.0171. The van der Waals surface area contributed by atoms with Crippen LogP contribution in [0.25, 0.3) is 0 Å². The summed E-state index contributed by atoms with van der Waals surface area (Å²) in [5, 5.41) is 11.7. The molecule has 1 amide bonds. The third-order valence-electron chi connectivity index (χ3n) is 3.15. The lowest BCUT2D eigenvalue weighted by molar-refractivity contribution is -0.118. The molecule has 0 atom stereocenters. The molecule has 0 unspecified atom stereocenters. The predicted octanol–water partition coefficient (Wildman–Crippen LogP) is 3.11. The Morgan fingerprint density at radius 3 is 2.65 bits per heavy atom. The summed E-state index contributed by atoms with van der Waals surface area (Å²) in [6, 6.07) is 17.2. The molecular weight excluding hydrogens is 308 g/mol. The summed E-state index contributed by atoms with van der Waals surface area (Å²) < 4.78 is 5.10. The first-order valence-electron chi connectivity index (χ1n) is 7.17. The second-order valence-electron chi connectivity index (χ2n) is 4.95. The van der Waals surface area contributed by atoms with Gasteiger partial charge in [-0.1, -0.05) is 24.3 Å². The third-order valence-corrected chi connectivity index (χ3v) is 4.16. The molecule has 0 spiro atoms. The Bertz CT molecular complexity index is 693. The Labute approximate surface area is 140 Å². The second-order valence-corrected chi connectivity index (χ2v) is 6.00. The molecular formula is C18H18N2O2S. The second kappa shape index (κ2) is 8.99. The predicted molar refractivity (Wildman–Crippen MR) is 90.9 cm³/mol. The van der Waals surface area contributed by atoms with Gasteiger partial charge in [0, 0.05) is 18.6 Å². The van der Waals surface area contributed by atoms with Gasteiger partial charge in [0.1, 0.15) is 0 Å². The van der Waals surface area contributed by atoms with E-state index in [4.69, 9.17) is 10.00 Å². The van der Waals surface area contributed by atoms with Gasteiger partial charge >= 0.3 is 0 Å². The molecule has 2 aromatic carbocycles. The highest BCUT2D eigenvalue weighted by molar-refractivity contribution is 8.00. The van der Waals surface area contributed by atoms with Crippen molar-refractivity contribution < 1.29 is 9.53 Å². The van der Waals surface area contributed by atoms with Crippen LogP contribution in [0.2, 0.25) is 0 Å². The highest BCUT2D eigenvalue weighted by atomic mass is 32.2. The molecule has 0 fully saturated rings. The maximum absolute atomic E-state index is 11.9. The van der Waals surface area contributed by atoms with Gasteiger partial charge in [-0.15, -0.1) is 11.8 Å². The fourth-order valence-corrected chi connectivity index (χ4v) is 2.75. The van der Waals surface area contributed by atoms with Crippen LogP contribution in [-0.2, 0) is 22.7 Å². The number of carbonyl (C=O) groups is 1. The van der Waals surface area contributed by atoms with Crippen LogP contribution < -0.4 is 5.32 Å². The molecule has 0 saturated heterocycles. The number of carbonyl (C=O) groups excluding carboxylic acids is 1. The number of thioether (sulfide) groups is 1. The van der Waals surface area contributed by atoms with Gasteiger partial charge in [0.05, 0.1) is 24.0 Å². The van der Waals surface area contributed by atoms with Crippen LogP contribution >= 0.6 is 11.8 Å². The molecule has 2 aromatic rings. The van der Waals surface area contributed by atoms with Gasteiger partial charge in [0.15, 0.2) is 0 Å². The maximum Gasteiger partial charge on any atom is 0.230 e. The van der Waals surface area contributed by atoms with Gasteiger partial charge in [-0.25, -0.2) is 0 Å². The summed E-state index contributed by atoms with van der Waals surface area (Å²) in [7, 11) is 1.66. The lowest BCUT2D eigenvalue weighted by atomic mass is 10.1. The van der Waals surface area contributed by atoms with Crippen molar-refractivity contribution in [3.63, 3.8) is 0 Å². The molecule has 0 heterocycles. The number of hydrogen-bond acceptors (Lipinski definition) is 4. The summed E-state index contributed by atoms with van der Waals surface area (Å²) in [5.41, 5.74) is 2.76. The molecule has 0 aromatic heterocycles. The number of nitrogens with zero attached hydrogens (tertiary/aromatic N) is 1. The van der Waals surface area contributed by atoms with E-state index in [0.717, 1.165) is 16.0 Å². The summed E-state index contributed by atoms with van der Waals surface area (Å²) >= 11 is 1.45. The first kappa shape index (κ1) is 17.1. The average Bonchev–Trinajstić information content (AvgIpc) is 2.59. The van der Waals surface area contributed by atoms with Crippen molar-refractivity contribution in [2.75, 3.05) is 12.9 Å². The number of nitrogens with one attached hydrogen (secondary N) is 1. The van der Waals surface area contributed by atoms with E-state index in [1.165, 1.54) is 11.8 Å². The van der Waals surface area contributed by atoms with Gasteiger partial charge in [0.2, 0.25) is 5.91 Å². The topological polar surface area (TPSA) is 62.1 Å². The Kier molecular flexibility index (Phi) is 6.67. The fraction of sp³-hybridized carbons (Fsp3) is 0.222. The van der Waals surface area contributed by atoms with E-state index < -0.39 is 0 Å². The normalized spacial score (nSPS) is 10.1. The van der Waals surface area contributed by atoms with E-state index in [1.54, 1.807) is 19.2 Å². The quantitative estimate of drug-likeness (QED) is 0.794. The Morgan fingerprint density at radius 2 is 1.96 bits per heavy atom. The number of amides is 1. The molecule has 0 aliphatic carbocycles. The highest BCUT2D eigenvalue weighted by Crippen LogP contribution is 2.18. The number of rotatable bonds is 7. The van der Waals surface area contributed by atoms with Crippen molar-refractivity contribution in [1.29, 1.82) is 5.26 Å². The van der Waals surface area contributed by atoms with Crippen molar-refractivity contribution in [3.8, 4) is 6.07 Å². The van der Waals surface area contributed by atoms with E-state index in [2.05, 4.69) is 11.4 Å². The van der Waals surface area contributed by atoms with Crippen LogP contribution in [0.4, 0.5) is 0 Å². The van der Waals surface area contributed by atoms with E-state index >= 15 is 0 Å². The number of ether oxygens (including phenoxy) is 1. The smallest absolute Gasteiger partial charge is 0.230 e. The maximum atomic E-state index is 11.9. The van der Waals surface area contributed by atoms with Gasteiger partial charge < -0.3 is 10.1 Å². The van der Waals surface area contributed by atoms with Gasteiger partial charge in [-0.05, 0) is 35.4 Å². The van der Waals surface area contributed by atoms with E-state index in [-0.39, 0.29) is 5.91 Å². The van der Waals surface area contributed by atoms with E-state index in [1.807, 2.05) is 36.4 Å². The summed E-state index contributed by atoms with van der Waals surface area (Å²) in [4.78, 5) is 12.9. The van der Waals surface area contributed by atoms with Gasteiger partial charge in [-0.2, -0.15) is 5.26 Å². The Balaban J connectivity index is 1.78. The first-order valence-corrected chi connectivity index (χ1v) is 8.16. The fourth-order valence-electron chi connectivity index (χ4n) is 2.02. The van der Waals surface area contributed by atoms with Crippen molar-refractivity contribution in [2.45, 2.75) is 18.0 Å². The molecule has 5 heteroatoms. The van der Waals surface area contributed by atoms with Crippen molar-refractivity contribution >= 4 is 17.7 Å². The summed E-state index contributed by atoms with van der Waals surface area (Å²) in [6.07, 6.45) is 0. The zero-order chi connectivity index (χ0) is 16.5. The monoisotopic (exact) mass is 326 g/mol. The Hall–Kier alpha value is -2.29. The molecule has 0 saturated carbocycles. The third kappa shape index (κ3) is 5.78. The SMILES string of the molecule is COCc1cccc(CNC(=O)CSc2ccc(C#N)cc2)c1. The number of hydrogen-bond donors (Lipinski definition) is 1. The zero-order valence-corrected chi connectivity index (χ0v) is 13.7. The summed E-state index contributed by atoms with van der Waals surface area (Å²) in [5.74, 6) is 0.334. The van der Waals surface area contributed by atoms with Gasteiger partial charge in [0.25, 0.3) is 0 Å². The molecule has 0 radical (unpaired) electrons. The highest BCUT2D eigenvalue weighted by Gasteiger charge is 2.04. The Morgan fingerprint density at radius 1 is 1.22 bits per heavy atom. The van der Waals surface area contributed by atoms with Gasteiger partial charge in [-0.3, -0.25) is 4.79 Å². The van der Waals surface area contributed by atoms with E-state index in [0.29, 0.717) is 24.5 Å². The van der Waals surface area contributed by atoms with Crippen molar-refractivity contribution in [1.82, 2.24) is 5.32 Å². The molecule has 2 rings (SSSR count). The molecule has 4 nitrogen and oxygen atoms in total. The first-order chi connectivity index (χ1) is 11.2. The average molecular weight is 326 g/mol. The summed E-state index contributed by atoms with van der Waals surface area (Å²) in [6.45, 7) is 1.07. The molecule has 1 N–H and O–H groups in total. The standard InChI is InChI=1S/C18H18N2O2S/c1-22-12-16-4-2-3-15(9-16)11-20-18(21)13-23-17-7-5-14(10-19)6-8-17/h2-9H,11-13H2,1H3,(H,20,21). The van der Waals surface area contributed by atoms with Crippen LogP contribution in [0, 0.1) is 11.3 Å². The van der Waals surface area contributed by atoms with Crippen LogP contribution in [-0.4, -0.2) is 18.8 Å².